The number of benzene rings is 1. The Morgan fingerprint density at radius 2 is 2.14 bits per heavy atom. The Labute approximate surface area is 124 Å². The first-order chi connectivity index (χ1) is 9.88. The van der Waals surface area contributed by atoms with Crippen molar-refractivity contribution in [2.45, 2.75) is 13.0 Å². The molecule has 5 nitrogen and oxygen atoms in total. The van der Waals surface area contributed by atoms with E-state index in [9.17, 15) is 9.18 Å². The summed E-state index contributed by atoms with van der Waals surface area (Å²) in [7, 11) is 4.10. The van der Waals surface area contributed by atoms with Crippen LogP contribution in [0.15, 0.2) is 12.1 Å². The van der Waals surface area contributed by atoms with Crippen LogP contribution in [0.25, 0.3) is 0 Å². The molecule has 0 aliphatic carbocycles. The number of hydrogen-bond acceptors (Lipinski definition) is 4. The number of hydrogen-bond donors (Lipinski definition) is 2. The Balaban J connectivity index is 2.02. The van der Waals surface area contributed by atoms with Crippen molar-refractivity contribution < 1.29 is 9.18 Å². The van der Waals surface area contributed by atoms with Gasteiger partial charge < -0.3 is 16.0 Å². The van der Waals surface area contributed by atoms with Gasteiger partial charge in [0.25, 0.3) is 5.91 Å². The SMILES string of the molecule is Cc1cc(N)cc(C(=O)NCC2CN(C)CCN2C)c1F. The number of carbonyl (C=O) groups is 1. The highest BCUT2D eigenvalue weighted by atomic mass is 19.1. The topological polar surface area (TPSA) is 61.6 Å². The third kappa shape index (κ3) is 3.71. The van der Waals surface area contributed by atoms with Crippen molar-refractivity contribution in [3.05, 3.63) is 29.1 Å². The molecule has 1 aliphatic rings. The number of nitrogens with one attached hydrogen (secondary N) is 1. The molecule has 0 bridgehead atoms. The highest BCUT2D eigenvalue weighted by molar-refractivity contribution is 5.95. The van der Waals surface area contributed by atoms with Gasteiger partial charge in [-0.3, -0.25) is 9.69 Å². The second-order valence-corrected chi connectivity index (χ2v) is 5.81. The quantitative estimate of drug-likeness (QED) is 0.805. The van der Waals surface area contributed by atoms with Crippen LogP contribution in [-0.2, 0) is 0 Å². The van der Waals surface area contributed by atoms with E-state index in [1.165, 1.54) is 12.1 Å². The van der Waals surface area contributed by atoms with Gasteiger partial charge >= 0.3 is 0 Å². The largest absolute Gasteiger partial charge is 0.399 e. The molecular weight excluding hydrogens is 271 g/mol. The van der Waals surface area contributed by atoms with Gasteiger partial charge in [0.2, 0.25) is 0 Å². The minimum absolute atomic E-state index is 0.0133. The van der Waals surface area contributed by atoms with Crippen LogP contribution in [0.4, 0.5) is 10.1 Å². The van der Waals surface area contributed by atoms with Crippen molar-refractivity contribution in [1.82, 2.24) is 15.1 Å². The van der Waals surface area contributed by atoms with E-state index in [-0.39, 0.29) is 11.6 Å². The second-order valence-electron chi connectivity index (χ2n) is 5.81. The lowest BCUT2D eigenvalue weighted by Gasteiger charge is -2.37. The van der Waals surface area contributed by atoms with Gasteiger partial charge in [0.1, 0.15) is 5.82 Å². The summed E-state index contributed by atoms with van der Waals surface area (Å²) in [4.78, 5) is 16.6. The van der Waals surface area contributed by atoms with E-state index in [0.29, 0.717) is 17.8 Å². The molecule has 1 saturated heterocycles. The Morgan fingerprint density at radius 1 is 1.43 bits per heavy atom. The molecule has 0 spiro atoms. The maximum Gasteiger partial charge on any atom is 0.254 e. The van der Waals surface area contributed by atoms with Crippen LogP contribution < -0.4 is 11.1 Å². The lowest BCUT2D eigenvalue weighted by Crippen LogP contribution is -2.54. The Hall–Kier alpha value is -1.66. The molecule has 1 aliphatic heterocycles. The van der Waals surface area contributed by atoms with Crippen molar-refractivity contribution in [1.29, 1.82) is 0 Å². The van der Waals surface area contributed by atoms with Crippen molar-refractivity contribution in [3.8, 4) is 0 Å². The number of nitrogen functional groups attached to an aromatic ring is 1. The number of carbonyl (C=O) groups excluding carboxylic acids is 1. The molecule has 1 amide bonds. The van der Waals surface area contributed by atoms with Crippen molar-refractivity contribution >= 4 is 11.6 Å². The Bertz CT molecular complexity index is 535. The minimum Gasteiger partial charge on any atom is -0.399 e. The van der Waals surface area contributed by atoms with E-state index in [2.05, 4.69) is 22.2 Å². The van der Waals surface area contributed by atoms with Gasteiger partial charge in [-0.15, -0.1) is 0 Å². The van der Waals surface area contributed by atoms with Crippen LogP contribution in [-0.4, -0.2) is 62.0 Å². The zero-order valence-corrected chi connectivity index (χ0v) is 12.8. The molecule has 1 aromatic carbocycles. The lowest BCUT2D eigenvalue weighted by molar-refractivity contribution is 0.0877. The van der Waals surface area contributed by atoms with E-state index in [0.717, 1.165) is 19.6 Å². The molecule has 1 heterocycles. The first kappa shape index (κ1) is 15.7. The number of likely N-dealkylation sites (N-methyl/N-ethyl adjacent to an activating group) is 2. The van der Waals surface area contributed by atoms with Crippen molar-refractivity contribution in [2.24, 2.45) is 0 Å². The first-order valence-corrected chi connectivity index (χ1v) is 7.11. The maximum atomic E-state index is 14.0. The molecule has 1 fully saturated rings. The molecule has 21 heavy (non-hydrogen) atoms. The zero-order valence-electron chi connectivity index (χ0n) is 12.8. The van der Waals surface area contributed by atoms with Gasteiger partial charge in [-0.2, -0.15) is 0 Å². The standard InChI is InChI=1S/C15H23FN4O/c1-10-6-11(17)7-13(14(10)16)15(21)18-8-12-9-19(2)4-5-20(12)3/h6-7,12H,4-5,8-9,17H2,1-3H3,(H,18,21). The molecule has 1 atom stereocenters. The summed E-state index contributed by atoms with van der Waals surface area (Å²) in [5.74, 6) is -0.916. The maximum absolute atomic E-state index is 14.0. The fourth-order valence-electron chi connectivity index (χ4n) is 2.59. The summed E-state index contributed by atoms with van der Waals surface area (Å²) < 4.78 is 14.0. The van der Waals surface area contributed by atoms with Crippen LogP contribution in [0.1, 0.15) is 15.9 Å². The molecular formula is C15H23FN4O. The van der Waals surface area contributed by atoms with E-state index < -0.39 is 11.7 Å². The summed E-state index contributed by atoms with van der Waals surface area (Å²) in [6.45, 7) is 4.96. The fourth-order valence-corrected chi connectivity index (χ4v) is 2.59. The van der Waals surface area contributed by atoms with Gasteiger partial charge in [-0.1, -0.05) is 0 Å². The molecule has 0 saturated carbocycles. The van der Waals surface area contributed by atoms with Gasteiger partial charge in [0, 0.05) is 37.9 Å². The van der Waals surface area contributed by atoms with Gasteiger partial charge in [-0.25, -0.2) is 4.39 Å². The van der Waals surface area contributed by atoms with Crippen LogP contribution in [0.3, 0.4) is 0 Å². The Kier molecular flexibility index (Phi) is 4.80. The number of amides is 1. The molecule has 0 aromatic heterocycles. The van der Waals surface area contributed by atoms with Crippen LogP contribution in [0.2, 0.25) is 0 Å². The number of halogens is 1. The van der Waals surface area contributed by atoms with Crippen molar-refractivity contribution in [3.63, 3.8) is 0 Å². The fraction of sp³-hybridized carbons (Fsp3) is 0.533. The number of nitrogens with zero attached hydrogens (tertiary/aromatic N) is 2. The average Bonchev–Trinajstić information content (AvgIpc) is 2.43. The summed E-state index contributed by atoms with van der Waals surface area (Å²) in [5.41, 5.74) is 6.48. The molecule has 2 rings (SSSR count). The molecule has 3 N–H and O–H groups in total. The third-order valence-corrected chi connectivity index (χ3v) is 4.00. The summed E-state index contributed by atoms with van der Waals surface area (Å²) in [5, 5.41) is 2.81. The smallest absolute Gasteiger partial charge is 0.254 e. The molecule has 6 heteroatoms. The van der Waals surface area contributed by atoms with E-state index >= 15 is 0 Å². The number of nitrogens with two attached hydrogens (primary N) is 1. The monoisotopic (exact) mass is 294 g/mol. The molecule has 116 valence electrons. The van der Waals surface area contributed by atoms with Crippen LogP contribution in [0.5, 0.6) is 0 Å². The average molecular weight is 294 g/mol. The van der Waals surface area contributed by atoms with Gasteiger partial charge in [-0.05, 0) is 38.7 Å². The lowest BCUT2D eigenvalue weighted by atomic mass is 10.1. The van der Waals surface area contributed by atoms with E-state index in [1.54, 1.807) is 6.92 Å². The van der Waals surface area contributed by atoms with E-state index in [4.69, 9.17) is 5.73 Å². The van der Waals surface area contributed by atoms with Gasteiger partial charge in [0.15, 0.2) is 0 Å². The van der Waals surface area contributed by atoms with Crippen LogP contribution in [0, 0.1) is 12.7 Å². The van der Waals surface area contributed by atoms with E-state index in [1.807, 2.05) is 7.05 Å². The zero-order chi connectivity index (χ0) is 15.6. The summed E-state index contributed by atoms with van der Waals surface area (Å²) >= 11 is 0. The molecule has 1 aromatic rings. The summed E-state index contributed by atoms with van der Waals surface area (Å²) in [6, 6.07) is 3.14. The minimum atomic E-state index is -0.504. The normalized spacial score (nSPS) is 20.5. The number of anilines is 1. The number of piperazine rings is 1. The second kappa shape index (κ2) is 6.41. The highest BCUT2D eigenvalue weighted by Crippen LogP contribution is 2.17. The van der Waals surface area contributed by atoms with Crippen molar-refractivity contribution in [2.75, 3.05) is 46.0 Å². The predicted octanol–water partition coefficient (Wildman–Crippen LogP) is 0.692. The number of rotatable bonds is 3. The first-order valence-electron chi connectivity index (χ1n) is 7.11. The third-order valence-electron chi connectivity index (χ3n) is 4.00. The number of aryl methyl sites for hydroxylation is 1. The predicted molar refractivity (Wildman–Crippen MR) is 81.8 cm³/mol. The molecule has 1 unspecified atom stereocenters. The Morgan fingerprint density at radius 3 is 2.86 bits per heavy atom. The highest BCUT2D eigenvalue weighted by Gasteiger charge is 2.23. The van der Waals surface area contributed by atoms with Gasteiger partial charge in [0.05, 0.1) is 5.56 Å². The van der Waals surface area contributed by atoms with Crippen LogP contribution >= 0.6 is 0 Å². The molecule has 0 radical (unpaired) electrons. The summed E-state index contributed by atoms with van der Waals surface area (Å²) in [6.07, 6.45) is 0.